The molecule has 70 valence electrons. The van der Waals surface area contributed by atoms with Gasteiger partial charge in [0.25, 0.3) is 0 Å². The van der Waals surface area contributed by atoms with E-state index in [1.54, 1.807) is 11.3 Å². The monoisotopic (exact) mass is 229 g/mol. The highest BCUT2D eigenvalue weighted by molar-refractivity contribution is 8.06. The molecule has 13 heavy (non-hydrogen) atoms. The highest BCUT2D eigenvalue weighted by atomic mass is 32.2. The van der Waals surface area contributed by atoms with Crippen molar-refractivity contribution in [1.29, 1.82) is 5.26 Å². The molecule has 0 aliphatic heterocycles. The van der Waals surface area contributed by atoms with Gasteiger partial charge in [0.15, 0.2) is 0 Å². The van der Waals surface area contributed by atoms with Gasteiger partial charge in [0, 0.05) is 16.5 Å². The number of thiophene rings is 1. The molecule has 0 amide bonds. The van der Waals surface area contributed by atoms with Gasteiger partial charge < -0.3 is 0 Å². The molecule has 0 aromatic carbocycles. The van der Waals surface area contributed by atoms with E-state index in [-0.39, 0.29) is 4.75 Å². The molecule has 0 bridgehead atoms. The third-order valence-electron chi connectivity index (χ3n) is 1.11. The molecule has 0 aliphatic carbocycles. The SMILES string of the molecule is CC(C)(C)Sc1ccc(SC#N)s1. The van der Waals surface area contributed by atoms with Crippen LogP contribution in [0, 0.1) is 10.7 Å². The maximum atomic E-state index is 8.47. The second-order valence-electron chi connectivity index (χ2n) is 3.48. The summed E-state index contributed by atoms with van der Waals surface area (Å²) in [5, 5.41) is 10.6. The Morgan fingerprint density at radius 2 is 1.92 bits per heavy atom. The minimum absolute atomic E-state index is 0.249. The zero-order chi connectivity index (χ0) is 9.90. The lowest BCUT2D eigenvalue weighted by Gasteiger charge is -2.15. The van der Waals surface area contributed by atoms with Crippen molar-refractivity contribution in [3.05, 3.63) is 12.1 Å². The maximum absolute atomic E-state index is 8.47. The van der Waals surface area contributed by atoms with E-state index in [1.807, 2.05) is 17.8 Å². The van der Waals surface area contributed by atoms with Crippen molar-refractivity contribution in [2.75, 3.05) is 0 Å². The predicted octanol–water partition coefficient (Wildman–Crippen LogP) is 4.21. The summed E-state index contributed by atoms with van der Waals surface area (Å²) < 4.78 is 2.61. The zero-order valence-corrected chi connectivity index (χ0v) is 10.3. The minimum atomic E-state index is 0.249. The molecule has 0 atom stereocenters. The Hall–Kier alpha value is -0.110. The Morgan fingerprint density at radius 1 is 1.31 bits per heavy atom. The quantitative estimate of drug-likeness (QED) is 0.560. The Balaban J connectivity index is 2.65. The highest BCUT2D eigenvalue weighted by Gasteiger charge is 2.13. The van der Waals surface area contributed by atoms with Gasteiger partial charge in [-0.25, -0.2) is 0 Å². The molecular formula is C9H11NS3. The van der Waals surface area contributed by atoms with Crippen LogP contribution in [0.1, 0.15) is 20.8 Å². The topological polar surface area (TPSA) is 23.8 Å². The summed E-state index contributed by atoms with van der Waals surface area (Å²) in [6, 6.07) is 4.09. The number of hydrogen-bond acceptors (Lipinski definition) is 4. The Kier molecular flexibility index (Phi) is 3.72. The highest BCUT2D eigenvalue weighted by Crippen LogP contribution is 2.39. The fourth-order valence-electron chi connectivity index (χ4n) is 0.760. The van der Waals surface area contributed by atoms with Crippen LogP contribution in [0.4, 0.5) is 0 Å². The molecule has 0 spiro atoms. The predicted molar refractivity (Wildman–Crippen MR) is 61.4 cm³/mol. The summed E-state index contributed by atoms with van der Waals surface area (Å²) in [5.74, 6) is 0. The minimum Gasteiger partial charge on any atom is -0.185 e. The van der Waals surface area contributed by atoms with Crippen LogP contribution in [0.2, 0.25) is 0 Å². The van der Waals surface area contributed by atoms with Crippen molar-refractivity contribution in [1.82, 2.24) is 0 Å². The number of thioether (sulfide) groups is 2. The van der Waals surface area contributed by atoms with Gasteiger partial charge in [-0.15, -0.1) is 23.1 Å². The van der Waals surface area contributed by atoms with Crippen LogP contribution in [0.5, 0.6) is 0 Å². The van der Waals surface area contributed by atoms with E-state index in [4.69, 9.17) is 5.26 Å². The zero-order valence-electron chi connectivity index (χ0n) is 7.83. The Bertz CT molecular complexity index is 316. The van der Waals surface area contributed by atoms with Crippen LogP contribution in [-0.4, -0.2) is 4.75 Å². The number of thiocyanates is 1. The molecule has 0 N–H and O–H groups in total. The lowest BCUT2D eigenvalue weighted by molar-refractivity contribution is 0.804. The molecule has 1 nitrogen and oxygen atoms in total. The number of nitriles is 1. The molecule has 0 radical (unpaired) electrons. The van der Waals surface area contributed by atoms with Gasteiger partial charge >= 0.3 is 0 Å². The first-order valence-corrected chi connectivity index (χ1v) is 6.31. The first-order valence-electron chi connectivity index (χ1n) is 3.86. The van der Waals surface area contributed by atoms with Crippen LogP contribution < -0.4 is 0 Å². The van der Waals surface area contributed by atoms with Crippen molar-refractivity contribution in [3.8, 4) is 5.40 Å². The third kappa shape index (κ3) is 4.08. The molecule has 0 unspecified atom stereocenters. The average molecular weight is 229 g/mol. The lowest BCUT2D eigenvalue weighted by atomic mass is 10.3. The van der Waals surface area contributed by atoms with Crippen LogP contribution >= 0.6 is 34.9 Å². The molecule has 1 heterocycles. The Labute approximate surface area is 91.5 Å². The first kappa shape index (κ1) is 11.0. The molecule has 0 saturated heterocycles. The molecule has 1 rings (SSSR count). The summed E-state index contributed by atoms with van der Waals surface area (Å²) in [7, 11) is 0. The van der Waals surface area contributed by atoms with Crippen LogP contribution in [0.15, 0.2) is 20.6 Å². The van der Waals surface area contributed by atoms with E-state index in [0.717, 1.165) is 4.21 Å². The smallest absolute Gasteiger partial charge is 0.139 e. The Morgan fingerprint density at radius 3 is 2.46 bits per heavy atom. The number of nitrogens with zero attached hydrogens (tertiary/aromatic N) is 1. The summed E-state index contributed by atoms with van der Waals surface area (Å²) in [4.78, 5) is 0. The van der Waals surface area contributed by atoms with Gasteiger partial charge in [-0.2, -0.15) is 5.26 Å². The fourth-order valence-corrected chi connectivity index (χ4v) is 4.09. The summed E-state index contributed by atoms with van der Waals surface area (Å²) in [6.07, 6.45) is 0. The fraction of sp³-hybridized carbons (Fsp3) is 0.444. The van der Waals surface area contributed by atoms with E-state index < -0.39 is 0 Å². The molecule has 0 fully saturated rings. The van der Waals surface area contributed by atoms with E-state index in [2.05, 4.69) is 32.2 Å². The van der Waals surface area contributed by atoms with Crippen molar-refractivity contribution < 1.29 is 0 Å². The average Bonchev–Trinajstić information content (AvgIpc) is 2.33. The van der Waals surface area contributed by atoms with Crippen molar-refractivity contribution >= 4 is 34.9 Å². The summed E-state index contributed by atoms with van der Waals surface area (Å²) in [6.45, 7) is 6.57. The van der Waals surface area contributed by atoms with Gasteiger partial charge in [-0.1, -0.05) is 20.8 Å². The van der Waals surface area contributed by atoms with Gasteiger partial charge in [0.05, 0.1) is 8.42 Å². The molecule has 1 aromatic heterocycles. The lowest BCUT2D eigenvalue weighted by Crippen LogP contribution is -2.05. The molecule has 0 saturated carbocycles. The van der Waals surface area contributed by atoms with E-state index in [9.17, 15) is 0 Å². The maximum Gasteiger partial charge on any atom is 0.139 e. The van der Waals surface area contributed by atoms with Gasteiger partial charge in [-0.05, 0) is 12.1 Å². The van der Waals surface area contributed by atoms with E-state index in [1.165, 1.54) is 16.0 Å². The first-order chi connectivity index (χ1) is 6.01. The van der Waals surface area contributed by atoms with E-state index in [0.29, 0.717) is 0 Å². The van der Waals surface area contributed by atoms with Gasteiger partial charge in [0.1, 0.15) is 5.40 Å². The molecule has 0 aliphatic rings. The standard InChI is InChI=1S/C9H11NS3/c1-9(2,3)13-8-5-4-7(12-8)11-6-10/h4-5H,1-3H3. The largest absolute Gasteiger partial charge is 0.185 e. The van der Waals surface area contributed by atoms with Crippen molar-refractivity contribution in [2.24, 2.45) is 0 Å². The number of rotatable bonds is 2. The summed E-state index contributed by atoms with van der Waals surface area (Å²) in [5.41, 5.74) is 0. The third-order valence-corrected chi connectivity index (χ3v) is 4.16. The second-order valence-corrected chi connectivity index (χ2v) is 7.78. The van der Waals surface area contributed by atoms with Crippen LogP contribution in [0.25, 0.3) is 0 Å². The van der Waals surface area contributed by atoms with Crippen LogP contribution in [-0.2, 0) is 0 Å². The van der Waals surface area contributed by atoms with Crippen LogP contribution in [0.3, 0.4) is 0 Å². The molecule has 1 aromatic rings. The van der Waals surface area contributed by atoms with Crippen molar-refractivity contribution in [3.63, 3.8) is 0 Å². The molecular weight excluding hydrogens is 218 g/mol. The van der Waals surface area contributed by atoms with E-state index >= 15 is 0 Å². The second kappa shape index (κ2) is 4.41. The number of hydrogen-bond donors (Lipinski definition) is 0. The summed E-state index contributed by atoms with van der Waals surface area (Å²) >= 11 is 4.76. The molecule has 4 heteroatoms. The van der Waals surface area contributed by atoms with Gasteiger partial charge in [-0.3, -0.25) is 0 Å². The van der Waals surface area contributed by atoms with Crippen molar-refractivity contribution in [2.45, 2.75) is 33.9 Å². The van der Waals surface area contributed by atoms with Gasteiger partial charge in [0.2, 0.25) is 0 Å². The normalized spacial score (nSPS) is 11.2.